The molecule has 0 aliphatic carbocycles. The van der Waals surface area contributed by atoms with Crippen LogP contribution in [0.4, 0.5) is 0 Å². The SMILES string of the molecule is COc1ccc(COC[C@H](C)[C@H](O[Si](C)(C)C(C)(C)C)[C@@H](C)C(=O)N2C(=S)SC[C@H]2Cc2ccccc2)cc1. The maximum absolute atomic E-state index is 14.1. The number of rotatable bonds is 12. The van der Waals surface area contributed by atoms with Crippen molar-refractivity contribution < 1.29 is 18.7 Å². The van der Waals surface area contributed by atoms with Crippen molar-refractivity contribution in [3.8, 4) is 5.75 Å². The van der Waals surface area contributed by atoms with Gasteiger partial charge in [-0.2, -0.15) is 0 Å². The Bertz CT molecular complexity index is 1090. The first kappa shape index (κ1) is 31.8. The zero-order valence-corrected chi connectivity index (χ0v) is 27.4. The molecular formula is C31H45NO4S2Si. The summed E-state index contributed by atoms with van der Waals surface area (Å²) >= 11 is 7.30. The van der Waals surface area contributed by atoms with Crippen LogP contribution in [0.5, 0.6) is 5.75 Å². The molecule has 0 radical (unpaired) electrons. The van der Waals surface area contributed by atoms with E-state index in [0.717, 1.165) is 23.5 Å². The largest absolute Gasteiger partial charge is 0.497 e. The molecule has 0 bridgehead atoms. The van der Waals surface area contributed by atoms with E-state index >= 15 is 0 Å². The third-order valence-electron chi connectivity index (χ3n) is 8.00. The van der Waals surface area contributed by atoms with Crippen LogP contribution in [0, 0.1) is 11.8 Å². The van der Waals surface area contributed by atoms with Crippen LogP contribution in [-0.4, -0.2) is 55.1 Å². The lowest BCUT2D eigenvalue weighted by molar-refractivity contribution is -0.136. The Morgan fingerprint density at radius 2 is 1.72 bits per heavy atom. The number of nitrogens with zero attached hydrogens (tertiary/aromatic N) is 1. The lowest BCUT2D eigenvalue weighted by Crippen LogP contribution is -2.52. The summed E-state index contributed by atoms with van der Waals surface area (Å²) in [6, 6.07) is 18.3. The van der Waals surface area contributed by atoms with Gasteiger partial charge in [0.1, 0.15) is 10.1 Å². The number of hydrogen-bond donors (Lipinski definition) is 0. The molecule has 1 amide bonds. The highest BCUT2D eigenvalue weighted by Gasteiger charge is 2.45. The smallest absolute Gasteiger partial charge is 0.233 e. The summed E-state index contributed by atoms with van der Waals surface area (Å²) in [6.45, 7) is 16.3. The van der Waals surface area contributed by atoms with E-state index < -0.39 is 8.32 Å². The van der Waals surface area contributed by atoms with Crippen molar-refractivity contribution in [1.82, 2.24) is 4.90 Å². The molecule has 4 atom stereocenters. The fourth-order valence-electron chi connectivity index (χ4n) is 4.53. The van der Waals surface area contributed by atoms with Gasteiger partial charge in [-0.05, 0) is 47.8 Å². The Morgan fingerprint density at radius 1 is 1.08 bits per heavy atom. The molecule has 1 fully saturated rings. The first-order valence-corrected chi connectivity index (χ1v) is 18.1. The third-order valence-corrected chi connectivity index (χ3v) is 14.0. The molecule has 39 heavy (non-hydrogen) atoms. The zero-order chi connectivity index (χ0) is 28.8. The molecule has 214 valence electrons. The second-order valence-corrected chi connectivity index (χ2v) is 18.5. The van der Waals surface area contributed by atoms with Crippen LogP contribution in [0.1, 0.15) is 45.7 Å². The van der Waals surface area contributed by atoms with Gasteiger partial charge in [0.2, 0.25) is 5.91 Å². The number of carbonyl (C=O) groups excluding carboxylic acids is 1. The Morgan fingerprint density at radius 3 is 2.31 bits per heavy atom. The van der Waals surface area contributed by atoms with Crippen LogP contribution in [-0.2, 0) is 27.0 Å². The molecule has 3 rings (SSSR count). The Labute approximate surface area is 246 Å². The van der Waals surface area contributed by atoms with Gasteiger partial charge in [-0.3, -0.25) is 9.69 Å². The summed E-state index contributed by atoms with van der Waals surface area (Å²) < 4.78 is 19.1. The molecule has 1 aliphatic rings. The number of thioether (sulfide) groups is 1. The van der Waals surface area contributed by atoms with Crippen LogP contribution >= 0.6 is 24.0 Å². The lowest BCUT2D eigenvalue weighted by Gasteiger charge is -2.43. The molecule has 1 aliphatic heterocycles. The molecule has 2 aromatic carbocycles. The van der Waals surface area contributed by atoms with Crippen molar-refractivity contribution in [2.45, 2.75) is 77.9 Å². The molecule has 1 saturated heterocycles. The number of amides is 1. The Hall–Kier alpha value is -1.71. The van der Waals surface area contributed by atoms with E-state index in [1.165, 1.54) is 5.56 Å². The minimum absolute atomic E-state index is 0.0202. The van der Waals surface area contributed by atoms with Crippen LogP contribution in [0.2, 0.25) is 18.1 Å². The van der Waals surface area contributed by atoms with E-state index in [4.69, 9.17) is 26.1 Å². The fraction of sp³-hybridized carbons (Fsp3) is 0.548. The van der Waals surface area contributed by atoms with Crippen LogP contribution < -0.4 is 4.74 Å². The summed E-state index contributed by atoms with van der Waals surface area (Å²) in [5, 5.41) is 0.0202. The van der Waals surface area contributed by atoms with Crippen molar-refractivity contribution >= 4 is 42.5 Å². The molecule has 0 N–H and O–H groups in total. The van der Waals surface area contributed by atoms with Gasteiger partial charge in [0.05, 0.1) is 38.4 Å². The minimum Gasteiger partial charge on any atom is -0.497 e. The highest BCUT2D eigenvalue weighted by atomic mass is 32.2. The monoisotopic (exact) mass is 587 g/mol. The third kappa shape index (κ3) is 8.39. The maximum Gasteiger partial charge on any atom is 0.233 e. The molecule has 0 unspecified atom stereocenters. The first-order chi connectivity index (χ1) is 18.3. The van der Waals surface area contributed by atoms with E-state index in [2.05, 4.69) is 52.9 Å². The maximum atomic E-state index is 14.1. The molecule has 5 nitrogen and oxygen atoms in total. The van der Waals surface area contributed by atoms with Gasteiger partial charge in [-0.25, -0.2) is 0 Å². The van der Waals surface area contributed by atoms with Gasteiger partial charge < -0.3 is 13.9 Å². The number of methoxy groups -OCH3 is 1. The average molecular weight is 588 g/mol. The van der Waals surface area contributed by atoms with Crippen LogP contribution in [0.3, 0.4) is 0 Å². The Kier molecular flexibility index (Phi) is 11.2. The number of hydrogen-bond acceptors (Lipinski definition) is 6. The average Bonchev–Trinajstić information content (AvgIpc) is 3.26. The summed E-state index contributed by atoms with van der Waals surface area (Å²) in [6.07, 6.45) is 0.515. The standard InChI is InChI=1S/C31H45NO4S2Si/c1-22(19-35-20-25-14-16-27(34-6)17-15-25)28(36-39(7,8)31(3,4)5)23(2)29(33)32-26(21-38-30(32)37)18-24-12-10-9-11-13-24/h9-17,22-23,26,28H,18-21H2,1-8H3/t22-,23+,26+,28-/m0/s1. The molecule has 2 aromatic rings. The molecule has 0 saturated carbocycles. The van der Waals surface area contributed by atoms with Gasteiger partial charge >= 0.3 is 0 Å². The molecular weight excluding hydrogens is 543 g/mol. The fourth-order valence-corrected chi connectivity index (χ4v) is 7.43. The molecule has 0 spiro atoms. The number of ether oxygens (including phenoxy) is 2. The quantitative estimate of drug-likeness (QED) is 0.191. The van der Waals surface area contributed by atoms with Gasteiger partial charge in [0.25, 0.3) is 0 Å². The lowest BCUT2D eigenvalue weighted by atomic mass is 9.92. The number of benzene rings is 2. The van der Waals surface area contributed by atoms with E-state index in [-0.39, 0.29) is 34.9 Å². The van der Waals surface area contributed by atoms with Crippen molar-refractivity contribution in [2.24, 2.45) is 11.8 Å². The zero-order valence-electron chi connectivity index (χ0n) is 24.7. The van der Waals surface area contributed by atoms with E-state index in [9.17, 15) is 4.79 Å². The minimum atomic E-state index is -2.17. The van der Waals surface area contributed by atoms with Crippen molar-refractivity contribution in [3.05, 3.63) is 65.7 Å². The highest BCUT2D eigenvalue weighted by Crippen LogP contribution is 2.40. The second kappa shape index (κ2) is 13.8. The highest BCUT2D eigenvalue weighted by molar-refractivity contribution is 8.23. The van der Waals surface area contributed by atoms with E-state index in [1.54, 1.807) is 18.9 Å². The van der Waals surface area contributed by atoms with E-state index in [0.29, 0.717) is 17.5 Å². The van der Waals surface area contributed by atoms with Crippen LogP contribution in [0.15, 0.2) is 54.6 Å². The predicted molar refractivity (Wildman–Crippen MR) is 169 cm³/mol. The summed E-state index contributed by atoms with van der Waals surface area (Å²) in [5.74, 6) is 1.37. The van der Waals surface area contributed by atoms with Gasteiger partial charge in [0.15, 0.2) is 8.32 Å². The molecule has 8 heteroatoms. The molecule has 1 heterocycles. The van der Waals surface area contributed by atoms with Crippen molar-refractivity contribution in [2.75, 3.05) is 19.5 Å². The Balaban J connectivity index is 1.76. The topological polar surface area (TPSA) is 48.0 Å². The number of carbonyl (C=O) groups is 1. The summed E-state index contributed by atoms with van der Waals surface area (Å²) in [7, 11) is -0.504. The summed E-state index contributed by atoms with van der Waals surface area (Å²) in [4.78, 5) is 16.0. The first-order valence-electron chi connectivity index (χ1n) is 13.8. The molecule has 0 aromatic heterocycles. The summed E-state index contributed by atoms with van der Waals surface area (Å²) in [5.41, 5.74) is 2.30. The predicted octanol–water partition coefficient (Wildman–Crippen LogP) is 7.35. The van der Waals surface area contributed by atoms with Gasteiger partial charge in [-0.1, -0.05) is 101 Å². The normalized spacial score (nSPS) is 18.6. The second-order valence-electron chi connectivity index (χ2n) is 12.1. The van der Waals surface area contributed by atoms with Crippen LogP contribution in [0.25, 0.3) is 0 Å². The van der Waals surface area contributed by atoms with Crippen molar-refractivity contribution in [3.63, 3.8) is 0 Å². The van der Waals surface area contributed by atoms with E-state index in [1.807, 2.05) is 54.3 Å². The van der Waals surface area contributed by atoms with Gasteiger partial charge in [-0.15, -0.1) is 0 Å². The van der Waals surface area contributed by atoms with Gasteiger partial charge in [0, 0.05) is 11.7 Å². The number of thiocarbonyl (C=S) groups is 1. The van der Waals surface area contributed by atoms with Crippen molar-refractivity contribution in [1.29, 1.82) is 0 Å².